The van der Waals surface area contributed by atoms with E-state index >= 15 is 0 Å². The van der Waals surface area contributed by atoms with Crippen LogP contribution in [-0.2, 0) is 14.3 Å². The number of esters is 1. The van der Waals surface area contributed by atoms with E-state index in [4.69, 9.17) is 4.74 Å². The Hall–Kier alpha value is -2.37. The fourth-order valence-corrected chi connectivity index (χ4v) is 2.08. The lowest BCUT2D eigenvalue weighted by atomic mass is 10.1. The topological polar surface area (TPSA) is 79.2 Å². The number of anilines is 1. The van der Waals surface area contributed by atoms with E-state index in [0.29, 0.717) is 5.69 Å². The molecule has 0 radical (unpaired) electrons. The number of carbonyl (C=O) groups excluding carboxylic acids is 1. The molecule has 6 heteroatoms. The quantitative estimate of drug-likeness (QED) is 0.844. The highest BCUT2D eigenvalue weighted by Gasteiger charge is 2.37. The maximum Gasteiger partial charge on any atom is 0.354 e. The van der Waals surface area contributed by atoms with Gasteiger partial charge in [0.15, 0.2) is 6.04 Å². The summed E-state index contributed by atoms with van der Waals surface area (Å²) in [6, 6.07) is 6.44. The molecule has 106 valence electrons. The number of para-hydroxylation sites is 1. The molecule has 6 nitrogen and oxygen atoms in total. The average molecular weight is 276 g/mol. The minimum atomic E-state index is -1.02. The molecule has 0 saturated carbocycles. The second kappa shape index (κ2) is 5.73. The maximum absolute atomic E-state index is 11.7. The van der Waals surface area contributed by atoms with E-state index in [-0.39, 0.29) is 18.7 Å². The van der Waals surface area contributed by atoms with Crippen molar-refractivity contribution < 1.29 is 19.4 Å². The summed E-state index contributed by atoms with van der Waals surface area (Å²) in [5, 5.41) is 14.8. The number of carboxylic acid groups (broad SMARTS) is 1. The first kappa shape index (κ1) is 14.0. The van der Waals surface area contributed by atoms with Gasteiger partial charge in [-0.15, -0.1) is 0 Å². The van der Waals surface area contributed by atoms with Gasteiger partial charge in [0.1, 0.15) is 5.71 Å². The summed E-state index contributed by atoms with van der Waals surface area (Å²) < 4.78 is 4.88. The van der Waals surface area contributed by atoms with Crippen LogP contribution in [0.2, 0.25) is 0 Å². The summed E-state index contributed by atoms with van der Waals surface area (Å²) in [5.74, 6) is -1.58. The minimum Gasteiger partial charge on any atom is -0.480 e. The molecule has 0 aliphatic carbocycles. The number of aliphatic carboxylic acids is 1. The monoisotopic (exact) mass is 276 g/mol. The number of hydrogen-bond acceptors (Lipinski definition) is 5. The van der Waals surface area contributed by atoms with E-state index in [1.807, 2.05) is 19.1 Å². The molecule has 20 heavy (non-hydrogen) atoms. The van der Waals surface area contributed by atoms with Crippen molar-refractivity contribution in [1.29, 1.82) is 0 Å². The number of hydrogen-bond donors (Lipinski definition) is 1. The van der Waals surface area contributed by atoms with Crippen LogP contribution in [0.1, 0.15) is 18.9 Å². The molecule has 0 spiro atoms. The Kier molecular flexibility index (Phi) is 4.02. The first-order valence-electron chi connectivity index (χ1n) is 6.37. The molecule has 0 aromatic heterocycles. The van der Waals surface area contributed by atoms with Crippen molar-refractivity contribution in [2.75, 3.05) is 11.6 Å². The molecule has 1 aromatic rings. The highest BCUT2D eigenvalue weighted by molar-refractivity contribution is 6.38. The van der Waals surface area contributed by atoms with Gasteiger partial charge in [0.25, 0.3) is 0 Å². The fraction of sp³-hybridized carbons (Fsp3) is 0.357. The van der Waals surface area contributed by atoms with Crippen LogP contribution in [-0.4, -0.2) is 35.4 Å². The zero-order valence-electron chi connectivity index (χ0n) is 11.4. The van der Waals surface area contributed by atoms with Gasteiger partial charge in [-0.3, -0.25) is 5.01 Å². The molecular weight excluding hydrogens is 260 g/mol. The minimum absolute atomic E-state index is 0.0441. The number of aryl methyl sites for hydroxylation is 1. The van der Waals surface area contributed by atoms with Gasteiger partial charge < -0.3 is 9.84 Å². The van der Waals surface area contributed by atoms with Crippen molar-refractivity contribution in [3.05, 3.63) is 29.8 Å². The van der Waals surface area contributed by atoms with E-state index < -0.39 is 18.0 Å². The molecule has 1 heterocycles. The Morgan fingerprint density at radius 2 is 2.15 bits per heavy atom. The molecule has 0 saturated heterocycles. The molecule has 1 aromatic carbocycles. The Balaban J connectivity index is 2.35. The van der Waals surface area contributed by atoms with Crippen LogP contribution in [0.4, 0.5) is 5.69 Å². The molecule has 0 amide bonds. The largest absolute Gasteiger partial charge is 0.480 e. The zero-order valence-corrected chi connectivity index (χ0v) is 11.4. The molecule has 2 rings (SSSR count). The summed E-state index contributed by atoms with van der Waals surface area (Å²) in [6.45, 7) is 3.80. The van der Waals surface area contributed by atoms with Crippen LogP contribution in [0.3, 0.4) is 0 Å². The van der Waals surface area contributed by atoms with Gasteiger partial charge in [-0.25, -0.2) is 9.59 Å². The lowest BCUT2D eigenvalue weighted by Crippen LogP contribution is -2.34. The number of ether oxygens (including phenoxy) is 1. The van der Waals surface area contributed by atoms with Gasteiger partial charge in [-0.1, -0.05) is 18.2 Å². The highest BCUT2D eigenvalue weighted by Crippen LogP contribution is 2.27. The third-order valence-electron chi connectivity index (χ3n) is 3.07. The Labute approximate surface area is 116 Å². The lowest BCUT2D eigenvalue weighted by molar-refractivity contribution is -0.138. The van der Waals surface area contributed by atoms with E-state index in [1.165, 1.54) is 5.01 Å². The van der Waals surface area contributed by atoms with Crippen LogP contribution in [0.15, 0.2) is 29.4 Å². The molecule has 0 unspecified atom stereocenters. The molecule has 0 fully saturated rings. The predicted molar refractivity (Wildman–Crippen MR) is 73.8 cm³/mol. The number of rotatable bonds is 4. The van der Waals surface area contributed by atoms with E-state index in [9.17, 15) is 14.7 Å². The molecule has 1 aliphatic heterocycles. The number of nitrogens with zero attached hydrogens (tertiary/aromatic N) is 2. The van der Waals surface area contributed by atoms with E-state index in [1.54, 1.807) is 19.1 Å². The Bertz CT molecular complexity index is 568. The van der Waals surface area contributed by atoms with Crippen molar-refractivity contribution >= 4 is 23.3 Å². The number of carboxylic acids is 1. The van der Waals surface area contributed by atoms with Crippen molar-refractivity contribution in [2.45, 2.75) is 26.3 Å². The summed E-state index contributed by atoms with van der Waals surface area (Å²) in [7, 11) is 0. The van der Waals surface area contributed by atoms with Crippen molar-refractivity contribution in [3.8, 4) is 0 Å². The molecular formula is C14H16N2O4. The third-order valence-corrected chi connectivity index (χ3v) is 3.07. The van der Waals surface area contributed by atoms with Crippen molar-refractivity contribution in [1.82, 2.24) is 0 Å². The van der Waals surface area contributed by atoms with Gasteiger partial charge in [-0.2, -0.15) is 5.10 Å². The normalized spacial score (nSPS) is 17.8. The summed E-state index contributed by atoms with van der Waals surface area (Å²) >= 11 is 0. The number of benzene rings is 1. The SMILES string of the molecule is CCOC(=O)C1=NN(c2ccccc2C)[C@H](C(=O)O)C1. The second-order valence-electron chi connectivity index (χ2n) is 4.46. The van der Waals surface area contributed by atoms with Crippen LogP contribution in [0.5, 0.6) is 0 Å². The van der Waals surface area contributed by atoms with Gasteiger partial charge >= 0.3 is 11.9 Å². The second-order valence-corrected chi connectivity index (χ2v) is 4.46. The summed E-state index contributed by atoms with van der Waals surface area (Å²) in [6.07, 6.45) is 0.0441. The maximum atomic E-state index is 11.7. The highest BCUT2D eigenvalue weighted by atomic mass is 16.5. The van der Waals surface area contributed by atoms with Crippen LogP contribution >= 0.6 is 0 Å². The predicted octanol–water partition coefficient (Wildman–Crippen LogP) is 1.58. The van der Waals surface area contributed by atoms with Crippen LogP contribution in [0.25, 0.3) is 0 Å². The van der Waals surface area contributed by atoms with Gasteiger partial charge in [0.05, 0.1) is 12.3 Å². The van der Waals surface area contributed by atoms with E-state index in [2.05, 4.69) is 5.10 Å². The summed E-state index contributed by atoms with van der Waals surface area (Å²) in [4.78, 5) is 23.1. The van der Waals surface area contributed by atoms with Crippen LogP contribution in [0, 0.1) is 6.92 Å². The smallest absolute Gasteiger partial charge is 0.354 e. The first-order valence-corrected chi connectivity index (χ1v) is 6.37. The third kappa shape index (κ3) is 2.64. The van der Waals surface area contributed by atoms with Crippen molar-refractivity contribution in [3.63, 3.8) is 0 Å². The Morgan fingerprint density at radius 1 is 1.45 bits per heavy atom. The first-order chi connectivity index (χ1) is 9.54. The molecule has 0 bridgehead atoms. The standard InChI is InChI=1S/C14H16N2O4/c1-3-20-14(19)10-8-12(13(17)18)16(15-10)11-7-5-4-6-9(11)2/h4-7,12H,3,8H2,1-2H3,(H,17,18)/t12-/m0/s1. The Morgan fingerprint density at radius 3 is 2.75 bits per heavy atom. The molecule has 1 N–H and O–H groups in total. The molecule has 1 aliphatic rings. The van der Waals surface area contributed by atoms with Crippen LogP contribution < -0.4 is 5.01 Å². The summed E-state index contributed by atoms with van der Waals surface area (Å²) in [5.41, 5.74) is 1.72. The number of carbonyl (C=O) groups is 2. The number of hydrazone groups is 1. The van der Waals surface area contributed by atoms with Gasteiger partial charge in [-0.05, 0) is 25.5 Å². The zero-order chi connectivity index (χ0) is 14.7. The van der Waals surface area contributed by atoms with E-state index in [0.717, 1.165) is 5.56 Å². The van der Waals surface area contributed by atoms with Gasteiger partial charge in [0.2, 0.25) is 0 Å². The fourth-order valence-electron chi connectivity index (χ4n) is 2.08. The average Bonchev–Trinajstić information content (AvgIpc) is 2.84. The lowest BCUT2D eigenvalue weighted by Gasteiger charge is -2.21. The molecule has 1 atom stereocenters. The van der Waals surface area contributed by atoms with Gasteiger partial charge in [0, 0.05) is 6.42 Å². The van der Waals surface area contributed by atoms with Crippen molar-refractivity contribution in [2.24, 2.45) is 5.10 Å².